The van der Waals surface area contributed by atoms with Gasteiger partial charge in [0.15, 0.2) is 0 Å². The zero-order chi connectivity index (χ0) is 24.1. The van der Waals surface area contributed by atoms with Gasteiger partial charge in [-0.2, -0.15) is 4.89 Å². The molecule has 2 aromatic carbocycles. The Morgan fingerprint density at radius 3 is 1.62 bits per heavy atom. The molecule has 34 heavy (non-hydrogen) atoms. The summed E-state index contributed by atoms with van der Waals surface area (Å²) in [6.07, 6.45) is 20.8. The van der Waals surface area contributed by atoms with E-state index in [2.05, 4.69) is 6.92 Å². The fraction of sp³-hybridized carbons (Fsp3) is 0.548. The van der Waals surface area contributed by atoms with Crippen molar-refractivity contribution in [3.8, 4) is 11.1 Å². The van der Waals surface area contributed by atoms with Crippen LogP contribution in [0.3, 0.4) is 0 Å². The van der Waals surface area contributed by atoms with Crippen LogP contribution in [0.25, 0.3) is 11.1 Å². The first kappa shape index (κ1) is 28.1. The van der Waals surface area contributed by atoms with Gasteiger partial charge in [-0.3, -0.25) is 4.89 Å². The van der Waals surface area contributed by atoms with Crippen LogP contribution in [0.2, 0.25) is 0 Å². The van der Waals surface area contributed by atoms with Gasteiger partial charge in [0, 0.05) is 0 Å². The third-order valence-corrected chi connectivity index (χ3v) is 6.34. The fourth-order valence-electron chi connectivity index (χ4n) is 4.31. The molecule has 0 aliphatic heterocycles. The standard InChI is InChI=1S/C31H45O3/c1-2-3-4-5-6-7-8-9-10-11-12-13-14-15-16-22-27-33-34-31(32)30-26-21-20-25-29(30)28-23-18-17-19-24-28/h17-21,23-26H,1-16,22,27H2. The highest BCUT2D eigenvalue weighted by Crippen LogP contribution is 2.24. The van der Waals surface area contributed by atoms with Crippen molar-refractivity contribution >= 4 is 5.97 Å². The molecule has 3 heteroatoms. The Labute approximate surface area is 208 Å². The normalized spacial score (nSPS) is 11.0. The lowest BCUT2D eigenvalue weighted by molar-refractivity contribution is -0.241. The number of rotatable bonds is 20. The molecule has 0 amide bonds. The Hall–Kier alpha value is -2.13. The van der Waals surface area contributed by atoms with Crippen LogP contribution in [0.1, 0.15) is 113 Å². The summed E-state index contributed by atoms with van der Waals surface area (Å²) >= 11 is 0. The van der Waals surface area contributed by atoms with Crippen molar-refractivity contribution in [3.63, 3.8) is 0 Å². The van der Waals surface area contributed by atoms with Crippen molar-refractivity contribution < 1.29 is 14.6 Å². The Morgan fingerprint density at radius 2 is 1.06 bits per heavy atom. The molecular weight excluding hydrogens is 420 g/mol. The molecule has 3 nitrogen and oxygen atoms in total. The van der Waals surface area contributed by atoms with E-state index < -0.39 is 5.97 Å². The number of hydrogen-bond donors (Lipinski definition) is 0. The molecule has 0 saturated carbocycles. The van der Waals surface area contributed by atoms with Crippen LogP contribution in [-0.2, 0) is 9.78 Å². The summed E-state index contributed by atoms with van der Waals surface area (Å²) in [6.45, 7) is 4.35. The minimum atomic E-state index is -0.437. The van der Waals surface area contributed by atoms with E-state index in [0.717, 1.165) is 30.4 Å². The average Bonchev–Trinajstić information content (AvgIpc) is 2.88. The summed E-state index contributed by atoms with van der Waals surface area (Å²) in [5, 5.41) is 0. The second-order valence-electron chi connectivity index (χ2n) is 9.26. The second-order valence-corrected chi connectivity index (χ2v) is 9.26. The van der Waals surface area contributed by atoms with Crippen molar-refractivity contribution in [3.05, 3.63) is 67.1 Å². The number of carbonyl (C=O) groups excluding carboxylic acids is 1. The predicted molar refractivity (Wildman–Crippen MR) is 142 cm³/mol. The van der Waals surface area contributed by atoms with Gasteiger partial charge in [-0.25, -0.2) is 4.79 Å². The molecule has 0 aromatic heterocycles. The summed E-state index contributed by atoms with van der Waals surface area (Å²) in [7, 11) is 0. The molecule has 0 fully saturated rings. The summed E-state index contributed by atoms with van der Waals surface area (Å²) in [4.78, 5) is 22.7. The van der Waals surface area contributed by atoms with E-state index in [4.69, 9.17) is 9.78 Å². The Bertz CT molecular complexity index is 756. The first-order valence-corrected chi connectivity index (χ1v) is 13.6. The smallest absolute Gasteiger partial charge is 0.293 e. The van der Waals surface area contributed by atoms with Crippen LogP contribution >= 0.6 is 0 Å². The van der Waals surface area contributed by atoms with Gasteiger partial charge in [-0.05, 0) is 23.6 Å². The van der Waals surface area contributed by atoms with E-state index in [1.807, 2.05) is 48.5 Å². The molecule has 0 saturated heterocycles. The molecule has 0 aliphatic rings. The Morgan fingerprint density at radius 1 is 0.588 bits per heavy atom. The third-order valence-electron chi connectivity index (χ3n) is 6.34. The van der Waals surface area contributed by atoms with Crippen LogP contribution in [0.5, 0.6) is 0 Å². The van der Waals surface area contributed by atoms with Crippen molar-refractivity contribution in [2.24, 2.45) is 0 Å². The summed E-state index contributed by atoms with van der Waals surface area (Å²) in [5.41, 5.74) is 2.38. The minimum Gasteiger partial charge on any atom is -0.293 e. The monoisotopic (exact) mass is 465 g/mol. The van der Waals surface area contributed by atoms with E-state index >= 15 is 0 Å². The molecule has 2 aromatic rings. The van der Waals surface area contributed by atoms with Gasteiger partial charge in [0.05, 0.1) is 12.2 Å². The molecule has 0 spiro atoms. The minimum absolute atomic E-state index is 0.437. The lowest BCUT2D eigenvalue weighted by atomic mass is 10.00. The number of benzene rings is 2. The quantitative estimate of drug-likeness (QED) is 0.111. The van der Waals surface area contributed by atoms with E-state index in [9.17, 15) is 4.79 Å². The number of unbranched alkanes of at least 4 members (excludes halogenated alkanes) is 15. The zero-order valence-electron chi connectivity index (χ0n) is 21.1. The van der Waals surface area contributed by atoms with Crippen molar-refractivity contribution in [2.45, 2.75) is 103 Å². The lowest BCUT2D eigenvalue weighted by Crippen LogP contribution is -2.08. The van der Waals surface area contributed by atoms with E-state index in [-0.39, 0.29) is 0 Å². The maximum Gasteiger partial charge on any atom is 0.373 e. The van der Waals surface area contributed by atoms with E-state index in [0.29, 0.717) is 12.2 Å². The summed E-state index contributed by atoms with van der Waals surface area (Å²) < 4.78 is 0. The molecule has 2 rings (SSSR count). The van der Waals surface area contributed by atoms with Crippen LogP contribution in [0, 0.1) is 6.92 Å². The second kappa shape index (κ2) is 19.2. The molecule has 0 unspecified atom stereocenters. The molecule has 0 aliphatic carbocycles. The molecule has 0 N–H and O–H groups in total. The largest absolute Gasteiger partial charge is 0.373 e. The fourth-order valence-corrected chi connectivity index (χ4v) is 4.31. The molecule has 1 radical (unpaired) electrons. The van der Waals surface area contributed by atoms with Gasteiger partial charge in [0.25, 0.3) is 0 Å². The van der Waals surface area contributed by atoms with Gasteiger partial charge in [-0.15, -0.1) is 0 Å². The molecule has 0 atom stereocenters. The van der Waals surface area contributed by atoms with Crippen molar-refractivity contribution in [1.82, 2.24) is 0 Å². The number of hydrogen-bond acceptors (Lipinski definition) is 3. The van der Waals surface area contributed by atoms with E-state index in [1.165, 1.54) is 83.5 Å². The summed E-state index contributed by atoms with van der Waals surface area (Å²) in [5.74, 6) is -0.437. The first-order valence-electron chi connectivity index (χ1n) is 13.6. The maximum atomic E-state index is 12.5. The van der Waals surface area contributed by atoms with Crippen molar-refractivity contribution in [1.29, 1.82) is 0 Å². The van der Waals surface area contributed by atoms with Crippen LogP contribution in [-0.4, -0.2) is 12.6 Å². The lowest BCUT2D eigenvalue weighted by Gasteiger charge is -2.09. The van der Waals surface area contributed by atoms with Gasteiger partial charge < -0.3 is 0 Å². The number of carbonyl (C=O) groups is 1. The SMILES string of the molecule is [CH2]CCCCCCCCCCCCCCCCCOOC(=O)c1ccccc1-c1ccccc1. The molecule has 0 bridgehead atoms. The summed E-state index contributed by atoms with van der Waals surface area (Å²) in [6, 6.07) is 17.3. The molecule has 0 heterocycles. The molecular formula is C31H45O3. The highest BCUT2D eigenvalue weighted by molar-refractivity contribution is 5.96. The maximum absolute atomic E-state index is 12.5. The average molecular weight is 466 g/mol. The zero-order valence-corrected chi connectivity index (χ0v) is 21.1. The topological polar surface area (TPSA) is 35.5 Å². The highest BCUT2D eigenvalue weighted by atomic mass is 17.2. The highest BCUT2D eigenvalue weighted by Gasteiger charge is 2.14. The van der Waals surface area contributed by atoms with Gasteiger partial charge in [0.2, 0.25) is 0 Å². The molecule has 187 valence electrons. The van der Waals surface area contributed by atoms with Crippen LogP contribution in [0.4, 0.5) is 0 Å². The van der Waals surface area contributed by atoms with Crippen LogP contribution < -0.4 is 0 Å². The third kappa shape index (κ3) is 12.4. The predicted octanol–water partition coefficient (Wildman–Crippen LogP) is 9.52. The Balaban J connectivity index is 1.41. The van der Waals surface area contributed by atoms with E-state index in [1.54, 1.807) is 6.07 Å². The van der Waals surface area contributed by atoms with Crippen molar-refractivity contribution in [2.75, 3.05) is 6.61 Å². The first-order chi connectivity index (χ1) is 16.8. The van der Waals surface area contributed by atoms with Gasteiger partial charge in [-0.1, -0.05) is 152 Å². The Kier molecular flexibility index (Phi) is 15.9. The van der Waals surface area contributed by atoms with Gasteiger partial charge >= 0.3 is 5.97 Å². The van der Waals surface area contributed by atoms with Gasteiger partial charge in [0.1, 0.15) is 0 Å². The van der Waals surface area contributed by atoms with Crippen LogP contribution in [0.15, 0.2) is 54.6 Å².